The van der Waals surface area contributed by atoms with E-state index in [0.29, 0.717) is 17.9 Å². The Bertz CT molecular complexity index is 1660. The molecule has 0 spiro atoms. The first-order chi connectivity index (χ1) is 20.8. The van der Waals surface area contributed by atoms with Crippen molar-refractivity contribution in [3.8, 4) is 16.9 Å². The van der Waals surface area contributed by atoms with Gasteiger partial charge in [0.15, 0.2) is 5.78 Å². The molecule has 1 unspecified atom stereocenters. The molecule has 1 atom stereocenters. The third-order valence-electron chi connectivity index (χ3n) is 7.33. The zero-order chi connectivity index (χ0) is 32.2. The number of carbonyl (C=O) groups is 3. The smallest absolute Gasteiger partial charge is 0.428 e. The van der Waals surface area contributed by atoms with Crippen LogP contribution in [0.2, 0.25) is 0 Å². The molecule has 0 saturated carbocycles. The molecule has 44 heavy (non-hydrogen) atoms. The largest absolute Gasteiger partial charge is 0.514 e. The maximum absolute atomic E-state index is 13.3. The van der Waals surface area contributed by atoms with Crippen LogP contribution in [-0.4, -0.2) is 39.0 Å². The lowest BCUT2D eigenvalue weighted by molar-refractivity contribution is -0.119. The van der Waals surface area contributed by atoms with E-state index < -0.39 is 17.8 Å². The van der Waals surface area contributed by atoms with Crippen LogP contribution < -0.4 is 10.1 Å². The zero-order valence-corrected chi connectivity index (χ0v) is 27.0. The molecule has 8 nitrogen and oxygen atoms in total. The molecule has 0 saturated heterocycles. The third-order valence-corrected chi connectivity index (χ3v) is 7.33. The minimum Gasteiger partial charge on any atom is -0.428 e. The summed E-state index contributed by atoms with van der Waals surface area (Å²) in [6.07, 6.45) is 0.974. The maximum Gasteiger partial charge on any atom is 0.514 e. The first kappa shape index (κ1) is 32.5. The van der Waals surface area contributed by atoms with Gasteiger partial charge in [-0.1, -0.05) is 63.2 Å². The number of nitrogens with zero attached hydrogens (tertiary/aromatic N) is 2. The van der Waals surface area contributed by atoms with E-state index >= 15 is 0 Å². The molecule has 4 aromatic rings. The molecule has 1 aromatic heterocycles. The fourth-order valence-electron chi connectivity index (χ4n) is 5.25. The van der Waals surface area contributed by atoms with E-state index in [-0.39, 0.29) is 17.6 Å². The Morgan fingerprint density at radius 1 is 1.00 bits per heavy atom. The number of ketones is 1. The molecule has 232 valence electrons. The lowest BCUT2D eigenvalue weighted by Crippen LogP contribution is -2.43. The van der Waals surface area contributed by atoms with E-state index in [1.165, 1.54) is 6.92 Å². The summed E-state index contributed by atoms with van der Waals surface area (Å²) in [5.74, 6) is 1.02. The molecule has 1 amide bonds. The molecular weight excluding hydrogens is 554 g/mol. The Morgan fingerprint density at radius 2 is 1.68 bits per heavy atom. The Labute approximate surface area is 259 Å². The normalized spacial score (nSPS) is 12.3. The van der Waals surface area contributed by atoms with Gasteiger partial charge in [-0.15, -0.1) is 0 Å². The van der Waals surface area contributed by atoms with Crippen LogP contribution in [0.25, 0.3) is 22.2 Å². The van der Waals surface area contributed by atoms with Crippen LogP contribution in [0.3, 0.4) is 0 Å². The minimum atomic E-state index is -0.749. The molecule has 0 aliphatic heterocycles. The van der Waals surface area contributed by atoms with Crippen molar-refractivity contribution < 1.29 is 23.9 Å². The van der Waals surface area contributed by atoms with Crippen LogP contribution in [0.4, 0.5) is 4.79 Å². The number of Topliss-reactive ketones (excluding diaryl/α,β-unsaturated/α-hetero) is 1. The van der Waals surface area contributed by atoms with Gasteiger partial charge in [0.05, 0.1) is 17.1 Å². The molecule has 1 heterocycles. The maximum atomic E-state index is 13.3. The molecule has 0 bridgehead atoms. The van der Waals surface area contributed by atoms with Crippen molar-refractivity contribution in [3.63, 3.8) is 0 Å². The second-order valence-corrected chi connectivity index (χ2v) is 12.6. The number of carbonyl (C=O) groups excluding carboxylic acids is 3. The summed E-state index contributed by atoms with van der Waals surface area (Å²) in [6.45, 7) is 15.4. The standard InChI is InChI=1S/C36H43N3O5/c1-9-12-31-37-33-23(4)19-27(34(41)38-32(22(2)3)24(5)40)20-29(33)39(31)21-25-15-17-26(18-16-25)28-13-10-11-14-30(28)43-35(42)44-36(6,7)8/h10-11,13-20,22,32H,9,12,21H2,1-8H3,(H,38,41). The first-order valence-electron chi connectivity index (χ1n) is 15.2. The number of fused-ring (bicyclic) bond motifs is 1. The number of imidazole rings is 1. The van der Waals surface area contributed by atoms with Crippen molar-refractivity contribution in [3.05, 3.63) is 83.2 Å². The van der Waals surface area contributed by atoms with Gasteiger partial charge < -0.3 is 19.4 Å². The number of aromatic nitrogens is 2. The number of nitrogens with one attached hydrogen (secondary N) is 1. The van der Waals surface area contributed by atoms with Crippen molar-refractivity contribution in [1.29, 1.82) is 0 Å². The van der Waals surface area contributed by atoms with E-state index in [9.17, 15) is 14.4 Å². The number of amides is 1. The number of para-hydroxylation sites is 1. The average Bonchev–Trinajstić information content (AvgIpc) is 3.28. The highest BCUT2D eigenvalue weighted by Gasteiger charge is 2.23. The fourth-order valence-corrected chi connectivity index (χ4v) is 5.25. The Kier molecular flexibility index (Phi) is 9.92. The van der Waals surface area contributed by atoms with Gasteiger partial charge in [0, 0.05) is 24.1 Å². The van der Waals surface area contributed by atoms with Gasteiger partial charge >= 0.3 is 6.16 Å². The van der Waals surface area contributed by atoms with E-state index in [0.717, 1.165) is 52.0 Å². The highest BCUT2D eigenvalue weighted by molar-refractivity contribution is 6.00. The fraction of sp³-hybridized carbons (Fsp3) is 0.389. The number of hydrogen-bond acceptors (Lipinski definition) is 6. The lowest BCUT2D eigenvalue weighted by Gasteiger charge is -2.19. The SMILES string of the molecule is CCCc1nc2c(C)cc(C(=O)NC(C(C)=O)C(C)C)cc2n1Cc1ccc(-c2ccccc2OC(=O)OC(C)(C)C)cc1. The highest BCUT2D eigenvalue weighted by atomic mass is 16.7. The van der Waals surface area contributed by atoms with Gasteiger partial charge in [-0.3, -0.25) is 9.59 Å². The monoisotopic (exact) mass is 597 g/mol. The van der Waals surface area contributed by atoms with Crippen LogP contribution in [0.1, 0.15) is 82.2 Å². The Balaban J connectivity index is 1.65. The number of aryl methyl sites for hydroxylation is 2. The zero-order valence-electron chi connectivity index (χ0n) is 27.0. The van der Waals surface area contributed by atoms with Gasteiger partial charge in [-0.05, 0) is 81.8 Å². The summed E-state index contributed by atoms with van der Waals surface area (Å²) in [5.41, 5.74) is 5.23. The van der Waals surface area contributed by atoms with Gasteiger partial charge in [0.1, 0.15) is 17.2 Å². The van der Waals surface area contributed by atoms with Gasteiger partial charge in [0.25, 0.3) is 5.91 Å². The number of ether oxygens (including phenoxy) is 2. The lowest BCUT2D eigenvalue weighted by atomic mass is 10.00. The second kappa shape index (κ2) is 13.5. The molecule has 0 fully saturated rings. The Morgan fingerprint density at radius 3 is 2.30 bits per heavy atom. The summed E-state index contributed by atoms with van der Waals surface area (Å²) in [6, 6.07) is 18.6. The van der Waals surface area contributed by atoms with Crippen LogP contribution in [0, 0.1) is 12.8 Å². The predicted molar refractivity (Wildman–Crippen MR) is 173 cm³/mol. The Hall–Kier alpha value is -4.46. The van der Waals surface area contributed by atoms with Crippen LogP contribution in [0.5, 0.6) is 5.75 Å². The van der Waals surface area contributed by atoms with E-state index in [4.69, 9.17) is 14.5 Å². The quantitative estimate of drug-likeness (QED) is 0.149. The number of hydrogen-bond donors (Lipinski definition) is 1. The molecule has 3 aromatic carbocycles. The van der Waals surface area contributed by atoms with Gasteiger partial charge in [-0.25, -0.2) is 9.78 Å². The summed E-state index contributed by atoms with van der Waals surface area (Å²) in [7, 11) is 0. The minimum absolute atomic E-state index is 0.0122. The van der Waals surface area contributed by atoms with E-state index in [2.05, 4.69) is 16.8 Å². The van der Waals surface area contributed by atoms with Crippen LogP contribution in [-0.2, 0) is 22.5 Å². The third kappa shape index (κ3) is 7.73. The number of benzene rings is 3. The first-order valence-corrected chi connectivity index (χ1v) is 15.2. The summed E-state index contributed by atoms with van der Waals surface area (Å²) < 4.78 is 13.1. The van der Waals surface area contributed by atoms with Gasteiger partial charge in [0.2, 0.25) is 0 Å². The average molecular weight is 598 g/mol. The summed E-state index contributed by atoms with van der Waals surface area (Å²) in [5, 5.41) is 2.92. The van der Waals surface area contributed by atoms with Crippen LogP contribution in [0.15, 0.2) is 60.7 Å². The van der Waals surface area contributed by atoms with Crippen molar-refractivity contribution in [2.24, 2.45) is 5.92 Å². The van der Waals surface area contributed by atoms with Crippen molar-refractivity contribution in [2.45, 2.75) is 86.4 Å². The molecule has 1 N–H and O–H groups in total. The van der Waals surface area contributed by atoms with Crippen molar-refractivity contribution in [1.82, 2.24) is 14.9 Å². The summed E-state index contributed by atoms with van der Waals surface area (Å²) in [4.78, 5) is 42.7. The second-order valence-electron chi connectivity index (χ2n) is 12.6. The van der Waals surface area contributed by atoms with Crippen molar-refractivity contribution in [2.75, 3.05) is 0 Å². The molecular formula is C36H43N3O5. The van der Waals surface area contributed by atoms with Gasteiger partial charge in [-0.2, -0.15) is 0 Å². The van der Waals surface area contributed by atoms with Crippen LogP contribution >= 0.6 is 0 Å². The van der Waals surface area contributed by atoms with Crippen molar-refractivity contribution >= 4 is 28.9 Å². The molecule has 0 radical (unpaired) electrons. The summed E-state index contributed by atoms with van der Waals surface area (Å²) >= 11 is 0. The highest BCUT2D eigenvalue weighted by Crippen LogP contribution is 2.31. The topological polar surface area (TPSA) is 99.5 Å². The molecule has 8 heteroatoms. The molecule has 0 aliphatic carbocycles. The van der Waals surface area contributed by atoms with E-state index in [1.54, 1.807) is 26.8 Å². The molecule has 4 rings (SSSR count). The van der Waals surface area contributed by atoms with E-state index in [1.807, 2.05) is 75.4 Å². The predicted octanol–water partition coefficient (Wildman–Crippen LogP) is 7.67. The number of rotatable bonds is 10. The molecule has 0 aliphatic rings.